The highest BCUT2D eigenvalue weighted by Crippen LogP contribution is 2.23. The Morgan fingerprint density at radius 2 is 1.41 bits per heavy atom. The lowest BCUT2D eigenvalue weighted by Gasteiger charge is -2.03. The van der Waals surface area contributed by atoms with Crippen LogP contribution in [0.5, 0.6) is 0 Å². The minimum Gasteiger partial charge on any atom is -0.211 e. The Kier molecular flexibility index (Phi) is 11.7. The summed E-state index contributed by atoms with van der Waals surface area (Å²) in [6, 6.07) is 7.78. The van der Waals surface area contributed by atoms with Crippen molar-refractivity contribution in [3.63, 3.8) is 0 Å². The molecule has 0 amide bonds. The molecule has 0 atom stereocenters. The Balaban J connectivity index is 1.94. The van der Waals surface area contributed by atoms with E-state index in [1.165, 1.54) is 74.9 Å². The molecule has 0 fully saturated rings. The number of rotatable bonds is 13. The van der Waals surface area contributed by atoms with Gasteiger partial charge in [-0.15, -0.1) is 11.8 Å². The van der Waals surface area contributed by atoms with Gasteiger partial charge in [-0.25, -0.2) is 4.79 Å². The number of aliphatic imine (C=N–C) groups is 1. The first-order valence-corrected chi connectivity index (χ1v) is 9.66. The van der Waals surface area contributed by atoms with Gasteiger partial charge in [0.25, 0.3) is 0 Å². The van der Waals surface area contributed by atoms with Crippen LogP contribution in [0.2, 0.25) is 0 Å². The van der Waals surface area contributed by atoms with Crippen molar-refractivity contribution in [2.45, 2.75) is 76.0 Å². The minimum atomic E-state index is 0.679. The van der Waals surface area contributed by atoms with E-state index < -0.39 is 0 Å². The first-order valence-electron chi connectivity index (χ1n) is 8.67. The van der Waals surface area contributed by atoms with Crippen molar-refractivity contribution in [3.05, 3.63) is 24.3 Å². The van der Waals surface area contributed by atoms with Crippen molar-refractivity contribution in [3.8, 4) is 0 Å². The smallest absolute Gasteiger partial charge is 0.211 e. The van der Waals surface area contributed by atoms with Crippen LogP contribution >= 0.6 is 11.8 Å². The lowest BCUT2D eigenvalue weighted by Crippen LogP contribution is -1.84. The molecule has 0 radical (unpaired) electrons. The maximum Gasteiger partial charge on any atom is 0.240 e. The predicted octanol–water partition coefficient (Wildman–Crippen LogP) is 6.67. The largest absolute Gasteiger partial charge is 0.240 e. The van der Waals surface area contributed by atoms with Crippen LogP contribution in [0.3, 0.4) is 0 Å². The molecule has 1 aromatic rings. The summed E-state index contributed by atoms with van der Waals surface area (Å²) < 4.78 is 0. The third kappa shape index (κ3) is 9.81. The summed E-state index contributed by atoms with van der Waals surface area (Å²) in [5, 5.41) is 0. The first kappa shape index (κ1) is 19.0. The van der Waals surface area contributed by atoms with Crippen LogP contribution in [0.15, 0.2) is 34.2 Å². The summed E-state index contributed by atoms with van der Waals surface area (Å²) in [5.74, 6) is 1.17. The Labute approximate surface area is 139 Å². The maximum absolute atomic E-state index is 10.1. The Bertz CT molecular complexity index is 424. The van der Waals surface area contributed by atoms with Gasteiger partial charge in [0.15, 0.2) is 0 Å². The standard InChI is InChI=1S/C19H29NOS/c1-2-3-4-5-6-7-8-9-10-11-16-22-19-14-12-18(13-15-19)20-17-21/h12-15H,2-11,16H2,1H3. The molecule has 3 heteroatoms. The number of carbonyl (C=O) groups excluding carboxylic acids is 1. The molecular formula is C19H29NOS. The monoisotopic (exact) mass is 319 g/mol. The highest BCUT2D eigenvalue weighted by molar-refractivity contribution is 7.99. The van der Waals surface area contributed by atoms with Gasteiger partial charge in [0.05, 0.1) is 5.69 Å². The van der Waals surface area contributed by atoms with Gasteiger partial charge >= 0.3 is 0 Å². The minimum absolute atomic E-state index is 0.679. The van der Waals surface area contributed by atoms with Crippen LogP contribution in [0.4, 0.5) is 5.69 Å². The van der Waals surface area contributed by atoms with Crippen LogP contribution < -0.4 is 0 Å². The van der Waals surface area contributed by atoms with Crippen molar-refractivity contribution in [1.82, 2.24) is 0 Å². The van der Waals surface area contributed by atoms with E-state index >= 15 is 0 Å². The summed E-state index contributed by atoms with van der Waals surface area (Å²) in [6.07, 6.45) is 15.4. The second-order valence-corrected chi connectivity index (χ2v) is 6.90. The zero-order valence-electron chi connectivity index (χ0n) is 13.9. The fraction of sp³-hybridized carbons (Fsp3) is 0.632. The molecule has 0 aromatic heterocycles. The molecule has 0 heterocycles. The van der Waals surface area contributed by atoms with E-state index in [0.717, 1.165) is 0 Å². The van der Waals surface area contributed by atoms with Gasteiger partial charge in [-0.3, -0.25) is 0 Å². The average Bonchev–Trinajstić information content (AvgIpc) is 2.54. The van der Waals surface area contributed by atoms with Gasteiger partial charge in [-0.2, -0.15) is 4.99 Å². The zero-order valence-corrected chi connectivity index (χ0v) is 14.7. The van der Waals surface area contributed by atoms with Crippen molar-refractivity contribution < 1.29 is 4.79 Å². The van der Waals surface area contributed by atoms with Gasteiger partial charge in [0.2, 0.25) is 6.08 Å². The Morgan fingerprint density at radius 3 is 1.95 bits per heavy atom. The molecule has 0 N–H and O–H groups in total. The number of hydrogen-bond donors (Lipinski definition) is 0. The number of unbranched alkanes of at least 4 members (excludes halogenated alkanes) is 9. The molecule has 0 unspecified atom stereocenters. The third-order valence-electron chi connectivity index (χ3n) is 3.78. The quantitative estimate of drug-likeness (QED) is 0.176. The topological polar surface area (TPSA) is 29.4 Å². The predicted molar refractivity (Wildman–Crippen MR) is 96.8 cm³/mol. The van der Waals surface area contributed by atoms with Gasteiger partial charge in [0.1, 0.15) is 0 Å². The molecule has 0 saturated heterocycles. The van der Waals surface area contributed by atoms with Gasteiger partial charge in [-0.05, 0) is 36.4 Å². The second kappa shape index (κ2) is 13.6. The zero-order chi connectivity index (χ0) is 15.9. The van der Waals surface area contributed by atoms with E-state index in [9.17, 15) is 4.79 Å². The molecule has 22 heavy (non-hydrogen) atoms. The lowest BCUT2D eigenvalue weighted by molar-refractivity contribution is 0.563. The summed E-state index contributed by atoms with van der Waals surface area (Å²) in [5.41, 5.74) is 0.679. The second-order valence-electron chi connectivity index (χ2n) is 5.73. The molecule has 0 saturated carbocycles. The number of nitrogens with zero attached hydrogens (tertiary/aromatic N) is 1. The fourth-order valence-electron chi connectivity index (χ4n) is 2.45. The summed E-state index contributed by atoms with van der Waals surface area (Å²) in [4.78, 5) is 15.0. The van der Waals surface area contributed by atoms with Crippen molar-refractivity contribution >= 4 is 23.5 Å². The highest BCUT2D eigenvalue weighted by atomic mass is 32.2. The van der Waals surface area contributed by atoms with Crippen molar-refractivity contribution in [1.29, 1.82) is 0 Å². The molecule has 0 bridgehead atoms. The lowest BCUT2D eigenvalue weighted by atomic mass is 10.1. The van der Waals surface area contributed by atoms with Crippen LogP contribution in [-0.2, 0) is 4.79 Å². The molecule has 2 nitrogen and oxygen atoms in total. The molecule has 1 rings (SSSR count). The molecule has 122 valence electrons. The summed E-state index contributed by atoms with van der Waals surface area (Å²) in [6.45, 7) is 2.27. The van der Waals surface area contributed by atoms with Crippen LogP contribution in [0.1, 0.15) is 71.1 Å². The normalized spacial score (nSPS) is 10.4. The molecule has 1 aromatic carbocycles. The van der Waals surface area contributed by atoms with E-state index in [1.54, 1.807) is 6.08 Å². The van der Waals surface area contributed by atoms with Crippen molar-refractivity contribution in [2.75, 3.05) is 5.75 Å². The summed E-state index contributed by atoms with van der Waals surface area (Å²) >= 11 is 1.88. The van der Waals surface area contributed by atoms with Gasteiger partial charge < -0.3 is 0 Å². The average molecular weight is 320 g/mol. The Morgan fingerprint density at radius 1 is 0.864 bits per heavy atom. The SMILES string of the molecule is CCCCCCCCCCCCSc1ccc(N=C=O)cc1. The number of benzene rings is 1. The Hall–Kier alpha value is -1.05. The molecular weight excluding hydrogens is 290 g/mol. The molecule has 0 aliphatic heterocycles. The summed E-state index contributed by atoms with van der Waals surface area (Å²) in [7, 11) is 0. The van der Waals surface area contributed by atoms with E-state index in [1.807, 2.05) is 36.0 Å². The van der Waals surface area contributed by atoms with Gasteiger partial charge in [-0.1, -0.05) is 64.7 Å². The highest BCUT2D eigenvalue weighted by Gasteiger charge is 1.96. The van der Waals surface area contributed by atoms with Crippen molar-refractivity contribution in [2.24, 2.45) is 4.99 Å². The van der Waals surface area contributed by atoms with Crippen LogP contribution in [0, 0.1) is 0 Å². The van der Waals surface area contributed by atoms with E-state index in [-0.39, 0.29) is 0 Å². The van der Waals surface area contributed by atoms with Crippen LogP contribution in [-0.4, -0.2) is 11.8 Å². The first-order chi connectivity index (χ1) is 10.9. The van der Waals surface area contributed by atoms with E-state index in [2.05, 4.69) is 11.9 Å². The molecule has 0 aliphatic carbocycles. The maximum atomic E-state index is 10.1. The fourth-order valence-corrected chi connectivity index (χ4v) is 3.36. The molecule has 0 spiro atoms. The van der Waals surface area contributed by atoms with Crippen LogP contribution in [0.25, 0.3) is 0 Å². The molecule has 0 aliphatic rings. The third-order valence-corrected chi connectivity index (χ3v) is 4.88. The number of thioether (sulfide) groups is 1. The number of hydrogen-bond acceptors (Lipinski definition) is 3. The van der Waals surface area contributed by atoms with Gasteiger partial charge in [0, 0.05) is 4.90 Å². The van der Waals surface area contributed by atoms with E-state index in [4.69, 9.17) is 0 Å². The number of isocyanates is 1. The van der Waals surface area contributed by atoms with E-state index in [0.29, 0.717) is 5.69 Å².